The van der Waals surface area contributed by atoms with Crippen LogP contribution in [0.15, 0.2) is 24.3 Å². The van der Waals surface area contributed by atoms with Crippen LogP contribution in [0.5, 0.6) is 0 Å². The fraction of sp³-hybridized carbons (Fsp3) is 0.609. The minimum absolute atomic E-state index is 0.0113. The highest BCUT2D eigenvalue weighted by Crippen LogP contribution is 2.32. The molecule has 2 aliphatic rings. The Bertz CT molecular complexity index is 761. The number of benzene rings is 1. The second kappa shape index (κ2) is 8.64. The summed E-state index contributed by atoms with van der Waals surface area (Å²) in [5.74, 6) is -1.21. The van der Waals surface area contributed by atoms with Crippen molar-refractivity contribution in [3.8, 4) is 0 Å². The number of hydrogen-bond donors (Lipinski definition) is 0. The van der Waals surface area contributed by atoms with Crippen LogP contribution >= 0.6 is 0 Å². The van der Waals surface area contributed by atoms with E-state index in [0.29, 0.717) is 12.1 Å². The van der Waals surface area contributed by atoms with Gasteiger partial charge in [-0.2, -0.15) is 0 Å². The van der Waals surface area contributed by atoms with Crippen LogP contribution in [0.4, 0.5) is 10.1 Å². The molecule has 158 valence electrons. The number of amides is 3. The van der Waals surface area contributed by atoms with Gasteiger partial charge in [0.1, 0.15) is 11.9 Å². The van der Waals surface area contributed by atoms with Crippen LogP contribution in [-0.2, 0) is 14.4 Å². The molecule has 3 amide bonds. The van der Waals surface area contributed by atoms with Gasteiger partial charge in [0.25, 0.3) is 5.91 Å². The summed E-state index contributed by atoms with van der Waals surface area (Å²) < 4.78 is 13.3. The molecule has 1 aliphatic carbocycles. The van der Waals surface area contributed by atoms with E-state index in [1.807, 2.05) is 20.8 Å². The Morgan fingerprint density at radius 2 is 1.66 bits per heavy atom. The molecule has 2 fully saturated rings. The zero-order valence-electron chi connectivity index (χ0n) is 17.6. The largest absolute Gasteiger partial charge is 0.327 e. The standard InChI is InChI=1S/C23H31FN2O3/c1-23(2,3)15-21(28)25(17-8-6-4-5-7-9-17)19-14-20(27)26(22(19)29)18-12-10-16(24)11-13-18/h10-13,17,19H,4-9,14-15H2,1-3H3. The minimum atomic E-state index is -0.773. The smallest absolute Gasteiger partial charge is 0.257 e. The zero-order chi connectivity index (χ0) is 21.2. The van der Waals surface area contributed by atoms with Crippen molar-refractivity contribution in [1.82, 2.24) is 4.90 Å². The Morgan fingerprint density at radius 1 is 1.07 bits per heavy atom. The van der Waals surface area contributed by atoms with Crippen LogP contribution in [0.2, 0.25) is 0 Å². The maximum atomic E-state index is 13.3. The van der Waals surface area contributed by atoms with Gasteiger partial charge in [0, 0.05) is 12.5 Å². The van der Waals surface area contributed by atoms with Gasteiger partial charge in [0.2, 0.25) is 11.8 Å². The third-order valence-electron chi connectivity index (χ3n) is 5.73. The van der Waals surface area contributed by atoms with Crippen molar-refractivity contribution in [1.29, 1.82) is 0 Å². The molecule has 1 heterocycles. The Balaban J connectivity index is 1.90. The van der Waals surface area contributed by atoms with Gasteiger partial charge < -0.3 is 4.90 Å². The number of carbonyl (C=O) groups excluding carboxylic acids is 3. The third-order valence-corrected chi connectivity index (χ3v) is 5.73. The third kappa shape index (κ3) is 5.03. The molecule has 1 saturated heterocycles. The van der Waals surface area contributed by atoms with E-state index in [4.69, 9.17) is 0 Å². The summed E-state index contributed by atoms with van der Waals surface area (Å²) in [5.41, 5.74) is 0.149. The van der Waals surface area contributed by atoms with Crippen LogP contribution in [0.1, 0.15) is 72.1 Å². The topological polar surface area (TPSA) is 57.7 Å². The average Bonchev–Trinajstić information content (AvgIpc) is 2.80. The number of hydrogen-bond acceptors (Lipinski definition) is 3. The molecule has 0 aromatic heterocycles. The maximum absolute atomic E-state index is 13.3. The highest BCUT2D eigenvalue weighted by atomic mass is 19.1. The molecule has 1 unspecified atom stereocenters. The van der Waals surface area contributed by atoms with Crippen molar-refractivity contribution in [3.05, 3.63) is 30.1 Å². The second-order valence-electron chi connectivity index (χ2n) is 9.45. The van der Waals surface area contributed by atoms with E-state index in [1.165, 1.54) is 24.3 Å². The lowest BCUT2D eigenvalue weighted by Crippen LogP contribution is -2.51. The minimum Gasteiger partial charge on any atom is -0.327 e. The molecule has 1 aromatic rings. The SMILES string of the molecule is CC(C)(C)CC(=O)N(C1CCCCCC1)C1CC(=O)N(c2ccc(F)cc2)C1=O. The van der Waals surface area contributed by atoms with Gasteiger partial charge in [-0.05, 0) is 42.5 Å². The van der Waals surface area contributed by atoms with Gasteiger partial charge in [-0.25, -0.2) is 9.29 Å². The number of halogens is 1. The zero-order valence-corrected chi connectivity index (χ0v) is 17.6. The van der Waals surface area contributed by atoms with Gasteiger partial charge in [-0.1, -0.05) is 46.5 Å². The van der Waals surface area contributed by atoms with Gasteiger partial charge in [-0.3, -0.25) is 14.4 Å². The quantitative estimate of drug-likeness (QED) is 0.552. The molecule has 29 heavy (non-hydrogen) atoms. The molecule has 1 atom stereocenters. The number of imide groups is 1. The first-order chi connectivity index (χ1) is 13.7. The summed E-state index contributed by atoms with van der Waals surface area (Å²) in [4.78, 5) is 42.1. The number of rotatable bonds is 4. The summed E-state index contributed by atoms with van der Waals surface area (Å²) in [5, 5.41) is 0. The van der Waals surface area contributed by atoms with E-state index in [-0.39, 0.29) is 35.6 Å². The van der Waals surface area contributed by atoms with Gasteiger partial charge >= 0.3 is 0 Å². The lowest BCUT2D eigenvalue weighted by molar-refractivity contribution is -0.143. The second-order valence-corrected chi connectivity index (χ2v) is 9.45. The summed E-state index contributed by atoms with van der Waals surface area (Å²) in [7, 11) is 0. The number of nitrogens with zero attached hydrogens (tertiary/aromatic N) is 2. The highest BCUT2D eigenvalue weighted by molar-refractivity contribution is 6.23. The fourth-order valence-electron chi connectivity index (χ4n) is 4.41. The van der Waals surface area contributed by atoms with Crippen LogP contribution < -0.4 is 4.90 Å². The van der Waals surface area contributed by atoms with Gasteiger partial charge in [0.05, 0.1) is 12.1 Å². The molecule has 1 aliphatic heterocycles. The van der Waals surface area contributed by atoms with Crippen molar-refractivity contribution < 1.29 is 18.8 Å². The van der Waals surface area contributed by atoms with E-state index >= 15 is 0 Å². The molecule has 5 nitrogen and oxygen atoms in total. The summed E-state index contributed by atoms with van der Waals surface area (Å²) >= 11 is 0. The predicted molar refractivity (Wildman–Crippen MR) is 110 cm³/mol. The van der Waals surface area contributed by atoms with E-state index in [2.05, 4.69) is 0 Å². The first-order valence-electron chi connectivity index (χ1n) is 10.6. The summed E-state index contributed by atoms with van der Waals surface area (Å²) in [6, 6.07) is 4.54. The van der Waals surface area contributed by atoms with E-state index in [0.717, 1.165) is 43.4 Å². The van der Waals surface area contributed by atoms with Crippen LogP contribution in [0, 0.1) is 11.2 Å². The Morgan fingerprint density at radius 3 is 2.21 bits per heavy atom. The highest BCUT2D eigenvalue weighted by Gasteiger charge is 2.46. The monoisotopic (exact) mass is 402 g/mol. The van der Waals surface area contributed by atoms with Crippen LogP contribution in [-0.4, -0.2) is 34.7 Å². The molecule has 0 spiro atoms. The number of anilines is 1. The Hall–Kier alpha value is -2.24. The molecular formula is C23H31FN2O3. The molecule has 0 bridgehead atoms. The van der Waals surface area contributed by atoms with Gasteiger partial charge in [-0.15, -0.1) is 0 Å². The molecule has 6 heteroatoms. The molecule has 1 aromatic carbocycles. The van der Waals surface area contributed by atoms with Gasteiger partial charge in [0.15, 0.2) is 0 Å². The molecule has 0 radical (unpaired) electrons. The first-order valence-corrected chi connectivity index (χ1v) is 10.6. The van der Waals surface area contributed by atoms with Crippen LogP contribution in [0.25, 0.3) is 0 Å². The summed E-state index contributed by atoms with van der Waals surface area (Å²) in [6.07, 6.45) is 6.38. The maximum Gasteiger partial charge on any atom is 0.257 e. The average molecular weight is 403 g/mol. The first kappa shape index (κ1) is 21.5. The lowest BCUT2D eigenvalue weighted by Gasteiger charge is -2.36. The number of carbonyl (C=O) groups is 3. The molecule has 0 N–H and O–H groups in total. The van der Waals surface area contributed by atoms with E-state index in [1.54, 1.807) is 4.90 Å². The fourth-order valence-corrected chi connectivity index (χ4v) is 4.41. The molecule has 1 saturated carbocycles. The summed E-state index contributed by atoms with van der Waals surface area (Å²) in [6.45, 7) is 6.01. The molecule has 3 rings (SSSR count). The van der Waals surface area contributed by atoms with Crippen LogP contribution in [0.3, 0.4) is 0 Å². The Labute approximate surface area is 172 Å². The van der Waals surface area contributed by atoms with E-state index in [9.17, 15) is 18.8 Å². The van der Waals surface area contributed by atoms with Crippen molar-refractivity contribution in [2.45, 2.75) is 84.2 Å². The normalized spacial score (nSPS) is 21.4. The lowest BCUT2D eigenvalue weighted by atomic mass is 9.90. The van der Waals surface area contributed by atoms with Crippen molar-refractivity contribution >= 4 is 23.4 Å². The van der Waals surface area contributed by atoms with Crippen molar-refractivity contribution in [2.24, 2.45) is 5.41 Å². The predicted octanol–water partition coefficient (Wildman–Crippen LogP) is 4.45. The van der Waals surface area contributed by atoms with Crippen molar-refractivity contribution in [2.75, 3.05) is 4.90 Å². The van der Waals surface area contributed by atoms with Crippen molar-refractivity contribution in [3.63, 3.8) is 0 Å². The Kier molecular flexibility index (Phi) is 6.39. The van der Waals surface area contributed by atoms with E-state index < -0.39 is 11.9 Å². The molecular weight excluding hydrogens is 371 g/mol.